The number of hydrogen-bond donors (Lipinski definition) is 1. The first kappa shape index (κ1) is 76.7. The molecule has 0 heterocycles. The van der Waals surface area contributed by atoms with Crippen LogP contribution in [0.15, 0.2) is 221 Å². The third-order valence-electron chi connectivity index (χ3n) is 12.4. The number of carbonyl (C=O) groups is 3. The summed E-state index contributed by atoms with van der Waals surface area (Å²) in [5.74, 6) is -1.73. The lowest BCUT2D eigenvalue weighted by molar-refractivity contribution is -0.158. The van der Waals surface area contributed by atoms with E-state index in [1.54, 1.807) is 51.1 Å². The molecule has 0 saturated heterocycles. The molecular weight excluding hydrogens is 1430 g/mol. The first-order valence-corrected chi connectivity index (χ1v) is 36.2. The molecule has 0 aliphatic carbocycles. The number of esters is 2. The van der Waals surface area contributed by atoms with Crippen LogP contribution in [0.1, 0.15) is 52.7 Å². The Balaban J connectivity index is 0.000000211. The summed E-state index contributed by atoms with van der Waals surface area (Å²) in [4.78, 5) is 34.5. The standard InChI is InChI=1S/C25H24Cl2O5S.C21H16Cl2O5S.C18H20O3.C6H3Cl3O2S/c1-25(2,3)32-24(28)15-31-23-10-9-18(17-7-5-4-6-8-17)11-19(23)16-33(29,30)22-13-20(26)12-21(27)14-22;22-17-9-18(23)11-19(10-17)29(26,27)13-16-8-15(14-4-2-1-3-5-14)6-7-20(16)28-12-21(24)25;1-18(2,3)21-17(19)13-20-16-11-9-15(10-12-16)14-7-5-4-6-8-14;7-4-1-5(8)3-6(2-4)12(9,10)11/h4-14H,15-16H2,1-3H3;1-11H,12-13H2,(H,24,25);4-12H,13H2,1-3H3;1-3H. The van der Waals surface area contributed by atoms with Gasteiger partial charge in [-0.3, -0.25) is 0 Å². The van der Waals surface area contributed by atoms with Gasteiger partial charge in [0.15, 0.2) is 39.5 Å². The molecule has 9 aromatic rings. The minimum absolute atomic E-state index is 0.00297. The molecule has 0 aliphatic heterocycles. The van der Waals surface area contributed by atoms with Gasteiger partial charge in [-0.1, -0.05) is 185 Å². The zero-order valence-corrected chi connectivity index (χ0v) is 59.4. The number of benzene rings is 9. The summed E-state index contributed by atoms with van der Waals surface area (Å²) in [5, 5.41) is 10.2. The van der Waals surface area contributed by atoms with E-state index in [4.69, 9.17) is 109 Å². The minimum atomic E-state index is -3.81. The molecule has 0 aromatic heterocycles. The molecule has 15 nitrogen and oxygen atoms in total. The van der Waals surface area contributed by atoms with E-state index in [1.807, 2.05) is 130 Å². The number of carboxylic acids is 1. The van der Waals surface area contributed by atoms with Crippen LogP contribution in [0.25, 0.3) is 33.4 Å². The van der Waals surface area contributed by atoms with Crippen molar-refractivity contribution in [2.75, 3.05) is 19.8 Å². The van der Waals surface area contributed by atoms with Crippen molar-refractivity contribution < 1.29 is 68.4 Å². The van der Waals surface area contributed by atoms with Crippen molar-refractivity contribution in [3.8, 4) is 50.6 Å². The van der Waals surface area contributed by atoms with E-state index in [2.05, 4.69) is 12.1 Å². The fourth-order valence-electron chi connectivity index (χ4n) is 8.48. The fraction of sp³-hybridized carbons (Fsp3) is 0.186. The van der Waals surface area contributed by atoms with E-state index < -0.39 is 64.2 Å². The van der Waals surface area contributed by atoms with E-state index in [9.17, 15) is 39.6 Å². The molecule has 25 heteroatoms. The SMILES string of the molecule is CC(C)(C)OC(=O)COc1ccc(-c2ccccc2)cc1.CC(C)(C)OC(=O)COc1ccc(-c2ccccc2)cc1CS(=O)(=O)c1cc(Cl)cc(Cl)c1.O=C(O)COc1ccc(-c2ccccc2)cc1CS(=O)(=O)c1cc(Cl)cc(Cl)c1.O=S(=O)(Cl)c1cc(Cl)cc(Cl)c1. The van der Waals surface area contributed by atoms with Gasteiger partial charge in [-0.25, -0.2) is 39.6 Å². The lowest BCUT2D eigenvalue weighted by Crippen LogP contribution is -2.27. The van der Waals surface area contributed by atoms with Gasteiger partial charge in [-0.05, 0) is 166 Å². The smallest absolute Gasteiger partial charge is 0.344 e. The maximum atomic E-state index is 13.2. The topological polar surface area (TPSA) is 220 Å². The first-order chi connectivity index (χ1) is 44.5. The number of carboxylic acid groups (broad SMARTS) is 1. The van der Waals surface area contributed by atoms with Gasteiger partial charge in [0.25, 0.3) is 9.05 Å². The van der Waals surface area contributed by atoms with E-state index in [1.165, 1.54) is 54.6 Å². The average molecular weight is 1490 g/mol. The molecular formula is C70H63Cl7O15S3. The molecule has 0 atom stereocenters. The lowest BCUT2D eigenvalue weighted by atomic mass is 10.0. The van der Waals surface area contributed by atoms with Gasteiger partial charge in [-0.2, -0.15) is 0 Å². The highest BCUT2D eigenvalue weighted by atomic mass is 35.7. The van der Waals surface area contributed by atoms with Gasteiger partial charge in [0, 0.05) is 51.9 Å². The summed E-state index contributed by atoms with van der Waals surface area (Å²) in [7, 11) is -6.31. The Labute approximate surface area is 587 Å². The van der Waals surface area contributed by atoms with Crippen LogP contribution in [0.2, 0.25) is 30.1 Å². The summed E-state index contributed by atoms with van der Waals surface area (Å²) in [6.07, 6.45) is 0. The van der Waals surface area contributed by atoms with Crippen molar-refractivity contribution in [1.29, 1.82) is 0 Å². The predicted octanol–water partition coefficient (Wildman–Crippen LogP) is 18.4. The number of halogens is 7. The average Bonchev–Trinajstić information content (AvgIpc) is 0.874. The molecule has 95 heavy (non-hydrogen) atoms. The predicted molar refractivity (Wildman–Crippen MR) is 376 cm³/mol. The molecule has 0 bridgehead atoms. The largest absolute Gasteiger partial charge is 0.482 e. The Hall–Kier alpha value is -7.33. The zero-order valence-electron chi connectivity index (χ0n) is 51.7. The molecule has 0 aliphatic rings. The number of sulfone groups is 2. The van der Waals surface area contributed by atoms with E-state index in [0.717, 1.165) is 33.4 Å². The monoisotopic (exact) mass is 1480 g/mol. The van der Waals surface area contributed by atoms with Crippen molar-refractivity contribution in [1.82, 2.24) is 0 Å². The normalized spacial score (nSPS) is 11.4. The fourth-order valence-corrected chi connectivity index (χ4v) is 14.1. The van der Waals surface area contributed by atoms with Crippen molar-refractivity contribution in [2.24, 2.45) is 0 Å². The van der Waals surface area contributed by atoms with Gasteiger partial charge in [0.05, 0.1) is 26.2 Å². The summed E-state index contributed by atoms with van der Waals surface area (Å²) < 4.78 is 101. The number of aliphatic carboxylic acids is 1. The molecule has 0 unspecified atom stereocenters. The molecule has 500 valence electrons. The van der Waals surface area contributed by atoms with Gasteiger partial charge < -0.3 is 28.8 Å². The third-order valence-corrected chi connectivity index (χ3v) is 18.3. The number of rotatable bonds is 19. The van der Waals surface area contributed by atoms with Crippen molar-refractivity contribution in [3.63, 3.8) is 0 Å². The molecule has 9 aromatic carbocycles. The van der Waals surface area contributed by atoms with Crippen molar-refractivity contribution in [2.45, 2.75) is 78.9 Å². The zero-order chi connectivity index (χ0) is 69.9. The highest BCUT2D eigenvalue weighted by Gasteiger charge is 2.24. The quantitative estimate of drug-likeness (QED) is 0.0588. The summed E-state index contributed by atoms with van der Waals surface area (Å²) >= 11 is 35.0. The Morgan fingerprint density at radius 2 is 0.663 bits per heavy atom. The van der Waals surface area contributed by atoms with Crippen LogP contribution >= 0.6 is 80.3 Å². The molecule has 0 amide bonds. The van der Waals surface area contributed by atoms with Crippen LogP contribution < -0.4 is 14.2 Å². The van der Waals surface area contributed by atoms with Crippen LogP contribution in [-0.4, -0.2) is 79.3 Å². The van der Waals surface area contributed by atoms with Gasteiger partial charge in [-0.15, -0.1) is 0 Å². The lowest BCUT2D eigenvalue weighted by Gasteiger charge is -2.20. The molecule has 0 fully saturated rings. The van der Waals surface area contributed by atoms with E-state index >= 15 is 0 Å². The summed E-state index contributed by atoms with van der Waals surface area (Å²) in [6.45, 7) is 9.76. The van der Waals surface area contributed by atoms with Crippen LogP contribution in [-0.2, 0) is 64.1 Å². The second kappa shape index (κ2) is 34.6. The Kier molecular flexibility index (Phi) is 27.9. The first-order valence-electron chi connectivity index (χ1n) is 28.4. The third kappa shape index (κ3) is 26.3. The Morgan fingerprint density at radius 3 is 0.989 bits per heavy atom. The number of ether oxygens (including phenoxy) is 5. The molecule has 0 spiro atoms. The van der Waals surface area contributed by atoms with Crippen LogP contribution in [0.3, 0.4) is 0 Å². The molecule has 0 radical (unpaired) electrons. The van der Waals surface area contributed by atoms with Crippen LogP contribution in [0.4, 0.5) is 0 Å². The van der Waals surface area contributed by atoms with Gasteiger partial charge >= 0.3 is 17.9 Å². The maximum Gasteiger partial charge on any atom is 0.344 e. The van der Waals surface area contributed by atoms with Crippen molar-refractivity contribution in [3.05, 3.63) is 248 Å². The Morgan fingerprint density at radius 1 is 0.368 bits per heavy atom. The second-order valence-corrected chi connectivity index (χ2v) is 31.6. The minimum Gasteiger partial charge on any atom is -0.482 e. The molecule has 0 saturated carbocycles. The Bertz CT molecular complexity index is 4420. The van der Waals surface area contributed by atoms with Crippen LogP contribution in [0, 0.1) is 0 Å². The second-order valence-electron chi connectivity index (χ2n) is 22.5. The van der Waals surface area contributed by atoms with Crippen LogP contribution in [0.5, 0.6) is 17.2 Å². The highest BCUT2D eigenvalue weighted by Crippen LogP contribution is 2.35. The van der Waals surface area contributed by atoms with Crippen molar-refractivity contribution >= 4 is 127 Å². The summed E-state index contributed by atoms with van der Waals surface area (Å²) in [5.41, 5.74) is 5.25. The number of carbonyl (C=O) groups excluding carboxylic acids is 2. The number of hydrogen-bond acceptors (Lipinski definition) is 14. The maximum absolute atomic E-state index is 13.2. The van der Waals surface area contributed by atoms with E-state index in [-0.39, 0.29) is 81.3 Å². The van der Waals surface area contributed by atoms with E-state index in [0.29, 0.717) is 16.9 Å². The van der Waals surface area contributed by atoms with Gasteiger partial charge in [0.2, 0.25) is 0 Å². The van der Waals surface area contributed by atoms with Gasteiger partial charge in [0.1, 0.15) is 28.5 Å². The highest BCUT2D eigenvalue weighted by molar-refractivity contribution is 8.13. The summed E-state index contributed by atoms with van der Waals surface area (Å²) in [6, 6.07) is 59.0. The molecule has 1 N–H and O–H groups in total. The molecule has 9 rings (SSSR count).